The molecule has 0 fully saturated rings. The molecule has 0 radical (unpaired) electrons. The predicted molar refractivity (Wildman–Crippen MR) is 67.3 cm³/mol. The van der Waals surface area contributed by atoms with Crippen molar-refractivity contribution in [3.05, 3.63) is 23.8 Å². The minimum Gasteiger partial charge on any atom is -0.486 e. The second kappa shape index (κ2) is 6.50. The maximum Gasteiger partial charge on any atom is 0.415 e. The van der Waals surface area contributed by atoms with Crippen LogP contribution in [0.5, 0.6) is 11.5 Å². The molecule has 0 amide bonds. The maximum absolute atomic E-state index is 12.1. The largest absolute Gasteiger partial charge is 0.486 e. The third kappa shape index (κ3) is 4.23. The number of fused-ring (bicyclic) bond motifs is 1. The predicted octanol–water partition coefficient (Wildman–Crippen LogP) is 1.00. The molecule has 1 heterocycles. The molecule has 2 unspecified atom stereocenters. The fraction of sp³-hybridized carbons (Fsp3) is 0.538. The van der Waals surface area contributed by atoms with E-state index >= 15 is 0 Å². The van der Waals surface area contributed by atoms with Crippen molar-refractivity contribution in [2.24, 2.45) is 0 Å². The van der Waals surface area contributed by atoms with Crippen LogP contribution in [0, 0.1) is 0 Å². The van der Waals surface area contributed by atoms with Crippen molar-refractivity contribution in [2.75, 3.05) is 26.3 Å². The van der Waals surface area contributed by atoms with Crippen LogP contribution in [0.15, 0.2) is 18.2 Å². The quantitative estimate of drug-likeness (QED) is 0.757. The molecule has 0 saturated heterocycles. The lowest BCUT2D eigenvalue weighted by atomic mass is 10.1. The summed E-state index contributed by atoms with van der Waals surface area (Å²) in [6, 6.07) is 4.83. The van der Waals surface area contributed by atoms with E-state index < -0.39 is 24.9 Å². The van der Waals surface area contributed by atoms with E-state index in [1.165, 1.54) is 0 Å². The summed E-state index contributed by atoms with van der Waals surface area (Å²) in [7, 11) is 0. The van der Waals surface area contributed by atoms with Crippen molar-refractivity contribution >= 4 is 0 Å². The molecular weight excluding hydrogens is 291 g/mol. The highest BCUT2D eigenvalue weighted by Gasteiger charge is 2.37. The first-order chi connectivity index (χ1) is 9.88. The highest BCUT2D eigenvalue weighted by Crippen LogP contribution is 2.32. The van der Waals surface area contributed by atoms with Gasteiger partial charge in [-0.15, -0.1) is 0 Å². The summed E-state index contributed by atoms with van der Waals surface area (Å²) in [5.74, 6) is 1.06. The summed E-state index contributed by atoms with van der Waals surface area (Å²) in [6.07, 6.45) is -8.14. The molecule has 5 nitrogen and oxygen atoms in total. The van der Waals surface area contributed by atoms with E-state index in [2.05, 4.69) is 5.32 Å². The number of alkyl halides is 3. The molecule has 1 aliphatic rings. The van der Waals surface area contributed by atoms with Gasteiger partial charge in [-0.2, -0.15) is 13.2 Å². The van der Waals surface area contributed by atoms with Crippen LogP contribution in [0.3, 0.4) is 0 Å². The zero-order chi connectivity index (χ0) is 15.5. The average Bonchev–Trinajstić information content (AvgIpc) is 2.45. The molecule has 2 rings (SSSR count). The van der Waals surface area contributed by atoms with E-state index in [0.717, 1.165) is 0 Å². The van der Waals surface area contributed by atoms with Crippen LogP contribution in [-0.4, -0.2) is 48.8 Å². The highest BCUT2D eigenvalue weighted by molar-refractivity contribution is 5.44. The number of nitrogens with one attached hydrogen (secondary N) is 1. The summed E-state index contributed by atoms with van der Waals surface area (Å²) in [6.45, 7) is 0.0618. The third-order valence-corrected chi connectivity index (χ3v) is 3.00. The minimum atomic E-state index is -4.67. The number of aliphatic hydroxyl groups is 2. The lowest BCUT2D eigenvalue weighted by Crippen LogP contribution is -2.39. The van der Waals surface area contributed by atoms with E-state index in [9.17, 15) is 18.3 Å². The van der Waals surface area contributed by atoms with Crippen molar-refractivity contribution in [3.63, 3.8) is 0 Å². The third-order valence-electron chi connectivity index (χ3n) is 3.00. The van der Waals surface area contributed by atoms with Gasteiger partial charge in [0.05, 0.1) is 6.10 Å². The van der Waals surface area contributed by atoms with Crippen LogP contribution >= 0.6 is 0 Å². The first kappa shape index (κ1) is 15.9. The summed E-state index contributed by atoms with van der Waals surface area (Å²) in [5, 5.41) is 21.1. The van der Waals surface area contributed by atoms with Crippen molar-refractivity contribution in [1.82, 2.24) is 5.32 Å². The number of rotatable bonds is 5. The molecule has 1 aliphatic heterocycles. The number of aliphatic hydroxyl groups excluding tert-OH is 2. The Balaban J connectivity index is 1.87. The summed E-state index contributed by atoms with van der Waals surface area (Å²) >= 11 is 0. The summed E-state index contributed by atoms with van der Waals surface area (Å²) < 4.78 is 47.0. The number of ether oxygens (including phenoxy) is 2. The first-order valence-electron chi connectivity index (χ1n) is 6.41. The molecular formula is C13H16F3NO4. The Morgan fingerprint density at radius 2 is 1.76 bits per heavy atom. The van der Waals surface area contributed by atoms with Crippen molar-refractivity contribution in [1.29, 1.82) is 0 Å². The second-order valence-corrected chi connectivity index (χ2v) is 4.63. The van der Waals surface area contributed by atoms with Crippen LogP contribution < -0.4 is 14.8 Å². The Bertz CT molecular complexity index is 481. The van der Waals surface area contributed by atoms with Crippen molar-refractivity contribution in [3.8, 4) is 11.5 Å². The van der Waals surface area contributed by atoms with Gasteiger partial charge in [-0.3, -0.25) is 0 Å². The van der Waals surface area contributed by atoms with Gasteiger partial charge in [0.2, 0.25) is 0 Å². The van der Waals surface area contributed by atoms with Gasteiger partial charge in [0, 0.05) is 13.1 Å². The van der Waals surface area contributed by atoms with E-state index in [0.29, 0.717) is 30.3 Å². The van der Waals surface area contributed by atoms with Gasteiger partial charge in [0.15, 0.2) is 17.6 Å². The van der Waals surface area contributed by atoms with Crippen LogP contribution in [0.4, 0.5) is 13.2 Å². The first-order valence-corrected chi connectivity index (χ1v) is 6.41. The fourth-order valence-corrected chi connectivity index (χ4v) is 1.86. The molecule has 1 aromatic rings. The van der Waals surface area contributed by atoms with E-state index in [4.69, 9.17) is 14.6 Å². The molecule has 2 atom stereocenters. The number of hydrogen-bond donors (Lipinski definition) is 3. The normalized spacial score (nSPS) is 17.4. The molecule has 0 bridgehead atoms. The second-order valence-electron chi connectivity index (χ2n) is 4.63. The lowest BCUT2D eigenvalue weighted by Gasteiger charge is -2.21. The minimum absolute atomic E-state index is 0.118. The van der Waals surface area contributed by atoms with Crippen LogP contribution in [0.1, 0.15) is 11.7 Å². The smallest absolute Gasteiger partial charge is 0.415 e. The van der Waals surface area contributed by atoms with Crippen molar-refractivity contribution < 1.29 is 32.9 Å². The topological polar surface area (TPSA) is 71.0 Å². The van der Waals surface area contributed by atoms with E-state index in [1.807, 2.05) is 0 Å². The van der Waals surface area contributed by atoms with Gasteiger partial charge in [-0.05, 0) is 17.7 Å². The molecule has 0 saturated carbocycles. The standard InChI is InChI=1S/C13H16F3NO4/c14-13(15,16)12(19)7-17-6-9(18)8-1-2-10-11(5-8)21-4-3-20-10/h1-2,5,9,12,17-19H,3-4,6-7H2. The number of halogens is 3. The monoisotopic (exact) mass is 307 g/mol. The maximum atomic E-state index is 12.1. The number of hydrogen-bond acceptors (Lipinski definition) is 5. The van der Waals surface area contributed by atoms with Gasteiger partial charge < -0.3 is 25.0 Å². The van der Waals surface area contributed by atoms with Gasteiger partial charge in [0.1, 0.15) is 13.2 Å². The summed E-state index contributed by atoms with van der Waals surface area (Å²) in [4.78, 5) is 0. The van der Waals surface area contributed by atoms with Crippen molar-refractivity contribution in [2.45, 2.75) is 18.4 Å². The molecule has 8 heteroatoms. The van der Waals surface area contributed by atoms with Gasteiger partial charge in [-0.1, -0.05) is 6.07 Å². The fourth-order valence-electron chi connectivity index (χ4n) is 1.86. The Morgan fingerprint density at radius 3 is 2.43 bits per heavy atom. The Hall–Kier alpha value is -1.51. The Kier molecular flexibility index (Phi) is 4.92. The highest BCUT2D eigenvalue weighted by atomic mass is 19.4. The van der Waals surface area contributed by atoms with Gasteiger partial charge in [0.25, 0.3) is 0 Å². The average molecular weight is 307 g/mol. The van der Waals surface area contributed by atoms with Gasteiger partial charge in [-0.25, -0.2) is 0 Å². The molecule has 0 spiro atoms. The molecule has 21 heavy (non-hydrogen) atoms. The molecule has 1 aromatic carbocycles. The van der Waals surface area contributed by atoms with E-state index in [-0.39, 0.29) is 6.54 Å². The van der Waals surface area contributed by atoms with Crippen LogP contribution in [-0.2, 0) is 0 Å². The SMILES string of the molecule is OC(CNCC(O)C(F)(F)F)c1ccc2c(c1)OCCO2. The molecule has 3 N–H and O–H groups in total. The van der Waals surface area contributed by atoms with E-state index in [1.54, 1.807) is 18.2 Å². The number of benzene rings is 1. The molecule has 0 aliphatic carbocycles. The Morgan fingerprint density at radius 1 is 1.10 bits per heavy atom. The van der Waals surface area contributed by atoms with Crippen LogP contribution in [0.2, 0.25) is 0 Å². The molecule has 118 valence electrons. The summed E-state index contributed by atoms with van der Waals surface area (Å²) in [5.41, 5.74) is 0.494. The Labute approximate surface area is 119 Å². The zero-order valence-electron chi connectivity index (χ0n) is 11.1. The van der Waals surface area contributed by atoms with Gasteiger partial charge >= 0.3 is 6.18 Å². The zero-order valence-corrected chi connectivity index (χ0v) is 11.1. The lowest BCUT2D eigenvalue weighted by molar-refractivity contribution is -0.202. The molecule has 0 aromatic heterocycles. The van der Waals surface area contributed by atoms with Crippen LogP contribution in [0.25, 0.3) is 0 Å².